The number of alkyl halides is 4. The highest BCUT2D eigenvalue weighted by Gasteiger charge is 2.48. The maximum Gasteiger partial charge on any atom is 0.410 e. The minimum absolute atomic E-state index is 0.0323. The number of piperazine rings is 1. The molecule has 2 atom stereocenters. The first-order valence-corrected chi connectivity index (χ1v) is 13.8. The van der Waals surface area contributed by atoms with Gasteiger partial charge in [-0.1, -0.05) is 6.08 Å². The third kappa shape index (κ3) is 5.97. The number of pyridine rings is 1. The summed E-state index contributed by atoms with van der Waals surface area (Å²) in [7, 11) is 1.96. The number of anilines is 1. The van der Waals surface area contributed by atoms with Gasteiger partial charge in [0.15, 0.2) is 0 Å². The summed E-state index contributed by atoms with van der Waals surface area (Å²) in [6, 6.07) is 3.35. The van der Waals surface area contributed by atoms with Crippen LogP contribution in [0.15, 0.2) is 35.3 Å². The lowest BCUT2D eigenvalue weighted by atomic mass is 9.91. The highest BCUT2D eigenvalue weighted by atomic mass is 19.3. The first kappa shape index (κ1) is 30.5. The number of likely N-dealkylation sites (N-methyl/N-ethyl adjacent to an activating group) is 1. The van der Waals surface area contributed by atoms with Crippen LogP contribution in [0.3, 0.4) is 0 Å². The van der Waals surface area contributed by atoms with E-state index in [-0.39, 0.29) is 36.4 Å². The van der Waals surface area contributed by atoms with Gasteiger partial charge in [-0.3, -0.25) is 19.1 Å². The second-order valence-electron chi connectivity index (χ2n) is 11.5. The van der Waals surface area contributed by atoms with Crippen molar-refractivity contribution in [2.75, 3.05) is 38.1 Å². The molecule has 1 aliphatic carbocycles. The number of carbonyl (C=O) groups excluding carboxylic acids is 2. The van der Waals surface area contributed by atoms with E-state index in [1.165, 1.54) is 17.0 Å². The molecular formula is C29H32F5N5O4. The molecule has 43 heavy (non-hydrogen) atoms. The molecule has 232 valence electrons. The van der Waals surface area contributed by atoms with Crippen LogP contribution in [-0.2, 0) is 4.74 Å². The molecule has 0 radical (unpaired) electrons. The van der Waals surface area contributed by atoms with E-state index in [0.717, 1.165) is 10.8 Å². The number of nitrogens with zero attached hydrogens (tertiary/aromatic N) is 4. The first-order valence-electron chi connectivity index (χ1n) is 13.8. The number of hydrogen-bond acceptors (Lipinski definition) is 6. The minimum Gasteiger partial charge on any atom is -0.446 e. The van der Waals surface area contributed by atoms with Crippen molar-refractivity contribution in [1.29, 1.82) is 0 Å². The molecule has 5 rings (SSSR count). The fourth-order valence-electron chi connectivity index (χ4n) is 5.76. The molecule has 1 saturated carbocycles. The Hall–Kier alpha value is -3.94. The summed E-state index contributed by atoms with van der Waals surface area (Å²) < 4.78 is 75.6. The molecule has 2 fully saturated rings. The van der Waals surface area contributed by atoms with Crippen LogP contribution >= 0.6 is 0 Å². The van der Waals surface area contributed by atoms with E-state index < -0.39 is 65.8 Å². The number of carbonyl (C=O) groups is 2. The Morgan fingerprint density at radius 2 is 1.72 bits per heavy atom. The van der Waals surface area contributed by atoms with E-state index in [0.29, 0.717) is 30.4 Å². The molecule has 2 amide bonds. The predicted octanol–water partition coefficient (Wildman–Crippen LogP) is 4.18. The summed E-state index contributed by atoms with van der Waals surface area (Å²) >= 11 is 0. The largest absolute Gasteiger partial charge is 0.446 e. The zero-order chi connectivity index (χ0) is 31.4. The number of nitrogens with two attached hydrogens (primary N) is 1. The van der Waals surface area contributed by atoms with Gasteiger partial charge < -0.3 is 20.3 Å². The van der Waals surface area contributed by atoms with Gasteiger partial charge in [0, 0.05) is 74.5 Å². The maximum atomic E-state index is 15.8. The number of hydrogen-bond donors (Lipinski definition) is 1. The van der Waals surface area contributed by atoms with Crippen LogP contribution in [0.4, 0.5) is 32.4 Å². The second kappa shape index (κ2) is 11.3. The van der Waals surface area contributed by atoms with E-state index in [9.17, 15) is 31.9 Å². The van der Waals surface area contributed by atoms with Gasteiger partial charge in [0.1, 0.15) is 11.9 Å². The Bertz CT molecular complexity index is 1520. The van der Waals surface area contributed by atoms with Crippen LogP contribution < -0.4 is 16.2 Å². The number of aromatic nitrogens is 1. The lowest BCUT2D eigenvalue weighted by Gasteiger charge is -2.44. The Labute approximate surface area is 244 Å². The third-order valence-electron chi connectivity index (χ3n) is 8.45. The smallest absolute Gasteiger partial charge is 0.410 e. The number of ether oxygens (including phenoxy) is 1. The lowest BCUT2D eigenvalue weighted by Crippen LogP contribution is -2.55. The summed E-state index contributed by atoms with van der Waals surface area (Å²) in [6.45, 7) is 4.85. The molecule has 1 saturated heterocycles. The van der Waals surface area contributed by atoms with Crippen LogP contribution in [-0.4, -0.2) is 83.7 Å². The summed E-state index contributed by atoms with van der Waals surface area (Å²) in [5.74, 6) is -4.68. The fraction of sp³-hybridized carbons (Fsp3) is 0.483. The fourth-order valence-corrected chi connectivity index (χ4v) is 5.76. The van der Waals surface area contributed by atoms with Gasteiger partial charge in [0.05, 0.1) is 16.9 Å². The number of halogens is 5. The third-order valence-corrected chi connectivity index (χ3v) is 8.45. The quantitative estimate of drug-likeness (QED) is 0.494. The summed E-state index contributed by atoms with van der Waals surface area (Å²) in [5.41, 5.74) is 3.97. The maximum absolute atomic E-state index is 15.8. The molecule has 2 aromatic rings. The van der Waals surface area contributed by atoms with Gasteiger partial charge in [-0.15, -0.1) is 0 Å². The average molecular weight is 610 g/mol. The normalized spacial score (nSPS) is 22.5. The molecule has 0 bridgehead atoms. The van der Waals surface area contributed by atoms with Crippen molar-refractivity contribution in [1.82, 2.24) is 14.4 Å². The van der Waals surface area contributed by atoms with Crippen LogP contribution in [0.5, 0.6) is 0 Å². The highest BCUT2D eigenvalue weighted by Crippen LogP contribution is 2.40. The summed E-state index contributed by atoms with van der Waals surface area (Å²) in [5, 5.41) is 0. The van der Waals surface area contributed by atoms with Crippen molar-refractivity contribution in [3.05, 3.63) is 63.3 Å². The van der Waals surface area contributed by atoms with Crippen LogP contribution in [0, 0.1) is 5.82 Å². The zero-order valence-electron chi connectivity index (χ0n) is 23.8. The Morgan fingerprint density at radius 1 is 1.07 bits per heavy atom. The Kier molecular flexibility index (Phi) is 8.01. The second-order valence-corrected chi connectivity index (χ2v) is 11.5. The van der Waals surface area contributed by atoms with E-state index in [1.54, 1.807) is 6.08 Å². The van der Waals surface area contributed by atoms with E-state index >= 15 is 4.39 Å². The van der Waals surface area contributed by atoms with Gasteiger partial charge in [0.2, 0.25) is 0 Å². The van der Waals surface area contributed by atoms with Crippen LogP contribution in [0.1, 0.15) is 54.6 Å². The number of amides is 2. The zero-order valence-corrected chi connectivity index (χ0v) is 23.8. The van der Waals surface area contributed by atoms with E-state index in [2.05, 4.69) is 4.90 Å². The first-order chi connectivity index (χ1) is 20.1. The molecule has 9 nitrogen and oxygen atoms in total. The molecule has 1 aromatic carbocycles. The molecule has 3 aliphatic rings. The Morgan fingerprint density at radius 3 is 2.30 bits per heavy atom. The number of primary amides is 1. The molecule has 0 unspecified atom stereocenters. The van der Waals surface area contributed by atoms with E-state index in [4.69, 9.17) is 10.5 Å². The van der Waals surface area contributed by atoms with E-state index in [1.807, 2.05) is 25.8 Å². The SMILES string of the molecule is C[C@@H]1CN(c2cc(F)c(C3=CCN(C(=O)OC4CC(F)(F)C4)C3)cc2-n2cc(C(N)=O)c(C(F)F)cc2=O)C[C@H](C)N1C. The van der Waals surface area contributed by atoms with Crippen molar-refractivity contribution >= 4 is 23.3 Å². The van der Waals surface area contributed by atoms with Crippen LogP contribution in [0.25, 0.3) is 11.3 Å². The monoisotopic (exact) mass is 609 g/mol. The topological polar surface area (TPSA) is 101 Å². The van der Waals surface area contributed by atoms with Crippen molar-refractivity contribution in [2.45, 2.75) is 57.2 Å². The molecule has 2 N–H and O–H groups in total. The van der Waals surface area contributed by atoms with Gasteiger partial charge in [0.25, 0.3) is 23.8 Å². The van der Waals surface area contributed by atoms with Crippen molar-refractivity contribution in [3.8, 4) is 5.69 Å². The van der Waals surface area contributed by atoms with Crippen molar-refractivity contribution in [2.24, 2.45) is 5.73 Å². The van der Waals surface area contributed by atoms with Gasteiger partial charge >= 0.3 is 6.09 Å². The highest BCUT2D eigenvalue weighted by molar-refractivity contribution is 5.94. The van der Waals surface area contributed by atoms with Crippen molar-refractivity contribution in [3.63, 3.8) is 0 Å². The predicted molar refractivity (Wildman–Crippen MR) is 148 cm³/mol. The summed E-state index contributed by atoms with van der Waals surface area (Å²) in [4.78, 5) is 43.1. The lowest BCUT2D eigenvalue weighted by molar-refractivity contribution is -0.147. The van der Waals surface area contributed by atoms with Gasteiger partial charge in [-0.05, 0) is 38.6 Å². The van der Waals surface area contributed by atoms with Crippen LogP contribution in [0.2, 0.25) is 0 Å². The molecular weight excluding hydrogens is 577 g/mol. The standard InChI is InChI=1S/C29H32F5N5O4/c1-15-11-38(12-16(2)36(15)3)23-8-22(30)19(17-4-5-37(13-17)28(42)43-18-9-29(33,34)10-18)6-24(23)39-14-21(27(35)41)20(26(31)32)7-25(39)40/h4,6-8,14-16,18,26H,5,9-13H2,1-3H3,(H2,35,41)/t15-,16+. The number of benzene rings is 1. The van der Waals surface area contributed by atoms with Gasteiger partial charge in [-0.25, -0.2) is 26.7 Å². The molecule has 1 aromatic heterocycles. The average Bonchev–Trinajstić information content (AvgIpc) is 3.40. The van der Waals surface area contributed by atoms with Gasteiger partial charge in [-0.2, -0.15) is 0 Å². The van der Waals surface area contributed by atoms with Crippen molar-refractivity contribution < 1.29 is 36.3 Å². The summed E-state index contributed by atoms with van der Waals surface area (Å²) in [6.07, 6.45) is -3.43. The molecule has 0 spiro atoms. The molecule has 14 heteroatoms. The molecule has 3 heterocycles. The number of rotatable bonds is 6. The molecule has 2 aliphatic heterocycles. The Balaban J connectivity index is 1.54. The minimum atomic E-state index is -3.13.